The van der Waals surface area contributed by atoms with Crippen LogP contribution < -0.4 is 5.32 Å². The summed E-state index contributed by atoms with van der Waals surface area (Å²) < 4.78 is 2.22. The van der Waals surface area contributed by atoms with Crippen molar-refractivity contribution in [2.75, 3.05) is 5.32 Å². The number of rotatable bonds is 0. The summed E-state index contributed by atoms with van der Waals surface area (Å²) in [5.41, 5.74) is 9.29. The number of fused-ring (bicyclic) bond motifs is 4. The lowest BCUT2D eigenvalue weighted by Crippen LogP contribution is -2.42. The van der Waals surface area contributed by atoms with E-state index in [1.807, 2.05) is 0 Å². The normalized spacial score (nSPS) is 18.0. The van der Waals surface area contributed by atoms with Crippen molar-refractivity contribution in [2.45, 2.75) is 45.1 Å². The zero-order chi connectivity index (χ0) is 15.6. The van der Waals surface area contributed by atoms with E-state index in [4.69, 9.17) is 4.98 Å². The minimum absolute atomic E-state index is 0.173. The van der Waals surface area contributed by atoms with E-state index in [9.17, 15) is 0 Å². The van der Waals surface area contributed by atoms with Crippen LogP contribution >= 0.6 is 0 Å². The largest absolute Gasteiger partial charge is 0.376 e. The molecule has 5 rings (SSSR count). The van der Waals surface area contributed by atoms with Crippen LogP contribution in [0.5, 0.6) is 0 Å². The van der Waals surface area contributed by atoms with E-state index < -0.39 is 0 Å². The monoisotopic (exact) mass is 303 g/mol. The third-order valence-corrected chi connectivity index (χ3v) is 5.80. The summed E-state index contributed by atoms with van der Waals surface area (Å²) >= 11 is 0. The third-order valence-electron chi connectivity index (χ3n) is 5.80. The molecule has 3 aromatic rings. The smallest absolute Gasteiger partial charge is 0.161 e. The molecule has 1 aliphatic carbocycles. The predicted octanol–water partition coefficient (Wildman–Crippen LogP) is 3.85. The van der Waals surface area contributed by atoms with E-state index in [1.165, 1.54) is 34.5 Å². The summed E-state index contributed by atoms with van der Waals surface area (Å²) in [6, 6.07) is 11.2. The molecule has 3 heterocycles. The molecule has 0 radical (unpaired) electrons. The van der Waals surface area contributed by atoms with Gasteiger partial charge in [0, 0.05) is 17.4 Å². The van der Waals surface area contributed by atoms with E-state index >= 15 is 0 Å². The summed E-state index contributed by atoms with van der Waals surface area (Å²) in [6.07, 6.45) is 6.76. The zero-order valence-corrected chi connectivity index (χ0v) is 13.7. The molecule has 1 aromatic carbocycles. The standard InChI is InChI=1S/C20H21N3/c1-13-14(2)23-10-8-15-7-9-20(22-18(15)19(23)21-13)11-16-5-3-4-6-17(16)12-20/h3-6,8,10,22H,7,9,11-12H2,1-2H3. The Morgan fingerprint density at radius 2 is 1.78 bits per heavy atom. The van der Waals surface area contributed by atoms with Gasteiger partial charge in [0.25, 0.3) is 0 Å². The molecule has 3 heteroatoms. The Hall–Kier alpha value is -2.29. The van der Waals surface area contributed by atoms with Gasteiger partial charge < -0.3 is 9.72 Å². The van der Waals surface area contributed by atoms with Gasteiger partial charge in [-0.15, -0.1) is 0 Å². The molecule has 0 fully saturated rings. The Bertz CT molecular complexity index is 910. The summed E-state index contributed by atoms with van der Waals surface area (Å²) in [6.45, 7) is 4.24. The van der Waals surface area contributed by atoms with E-state index in [-0.39, 0.29) is 5.54 Å². The van der Waals surface area contributed by atoms with Gasteiger partial charge in [0.05, 0.1) is 11.4 Å². The number of hydrogen-bond donors (Lipinski definition) is 1. The molecule has 1 N–H and O–H groups in total. The van der Waals surface area contributed by atoms with Crippen molar-refractivity contribution < 1.29 is 0 Å². The van der Waals surface area contributed by atoms with Crippen LogP contribution in [0.2, 0.25) is 0 Å². The summed E-state index contributed by atoms with van der Waals surface area (Å²) in [5.74, 6) is 0. The highest BCUT2D eigenvalue weighted by Gasteiger charge is 2.40. The Kier molecular flexibility index (Phi) is 2.51. The van der Waals surface area contributed by atoms with Crippen molar-refractivity contribution in [1.82, 2.24) is 9.38 Å². The lowest BCUT2D eigenvalue weighted by atomic mass is 9.84. The molecule has 23 heavy (non-hydrogen) atoms. The van der Waals surface area contributed by atoms with Gasteiger partial charge in [-0.2, -0.15) is 0 Å². The molecule has 2 aromatic heterocycles. The first-order chi connectivity index (χ1) is 11.2. The van der Waals surface area contributed by atoms with E-state index in [0.29, 0.717) is 0 Å². The number of nitrogens with one attached hydrogen (secondary N) is 1. The highest BCUT2D eigenvalue weighted by Crippen LogP contribution is 2.41. The molecule has 0 atom stereocenters. The maximum atomic E-state index is 4.83. The van der Waals surface area contributed by atoms with Crippen LogP contribution in [-0.2, 0) is 19.3 Å². The van der Waals surface area contributed by atoms with Gasteiger partial charge in [-0.3, -0.25) is 0 Å². The fourth-order valence-electron chi connectivity index (χ4n) is 4.38. The lowest BCUT2D eigenvalue weighted by Gasteiger charge is -2.37. The Labute approximate surface area is 136 Å². The second-order valence-electron chi connectivity index (χ2n) is 7.22. The summed E-state index contributed by atoms with van der Waals surface area (Å²) in [7, 11) is 0. The maximum Gasteiger partial charge on any atom is 0.161 e. The fraction of sp³-hybridized carbons (Fsp3) is 0.350. The highest BCUT2D eigenvalue weighted by atomic mass is 15.1. The number of anilines is 1. The highest BCUT2D eigenvalue weighted by molar-refractivity contribution is 5.75. The maximum absolute atomic E-state index is 4.83. The first-order valence-corrected chi connectivity index (χ1v) is 8.47. The number of hydrogen-bond acceptors (Lipinski definition) is 2. The molecule has 0 saturated carbocycles. The molecular formula is C20H21N3. The quantitative estimate of drug-likeness (QED) is 0.683. The van der Waals surface area contributed by atoms with Crippen LogP contribution in [0, 0.1) is 13.8 Å². The Balaban J connectivity index is 1.62. The van der Waals surface area contributed by atoms with Gasteiger partial charge in [-0.25, -0.2) is 4.98 Å². The SMILES string of the molecule is Cc1nc2c3c(ccn2c1C)CCC1(Cc2ccccc2C1)N3. The van der Waals surface area contributed by atoms with Crippen LogP contribution in [0.4, 0.5) is 5.69 Å². The average Bonchev–Trinajstić information content (AvgIpc) is 3.05. The van der Waals surface area contributed by atoms with E-state index in [1.54, 1.807) is 0 Å². The fourth-order valence-corrected chi connectivity index (χ4v) is 4.38. The first kappa shape index (κ1) is 13.2. The summed E-state index contributed by atoms with van der Waals surface area (Å²) in [4.78, 5) is 4.83. The van der Waals surface area contributed by atoms with Crippen molar-refractivity contribution in [3.8, 4) is 0 Å². The van der Waals surface area contributed by atoms with Gasteiger partial charge in [-0.05, 0) is 62.3 Å². The molecule has 3 nitrogen and oxygen atoms in total. The van der Waals surface area contributed by atoms with Crippen molar-refractivity contribution >= 4 is 11.3 Å². The topological polar surface area (TPSA) is 29.3 Å². The molecule has 116 valence electrons. The minimum atomic E-state index is 0.173. The first-order valence-electron chi connectivity index (χ1n) is 8.47. The van der Waals surface area contributed by atoms with Crippen LogP contribution in [0.15, 0.2) is 36.5 Å². The van der Waals surface area contributed by atoms with Crippen LogP contribution in [-0.4, -0.2) is 14.9 Å². The molecule has 0 bridgehead atoms. The van der Waals surface area contributed by atoms with E-state index in [2.05, 4.69) is 60.1 Å². The van der Waals surface area contributed by atoms with Gasteiger partial charge in [0.15, 0.2) is 5.65 Å². The molecule has 0 unspecified atom stereocenters. The van der Waals surface area contributed by atoms with Gasteiger partial charge >= 0.3 is 0 Å². The number of aryl methyl sites for hydroxylation is 3. The van der Waals surface area contributed by atoms with Crippen molar-refractivity contribution in [1.29, 1.82) is 0 Å². The van der Waals surface area contributed by atoms with Gasteiger partial charge in [0.2, 0.25) is 0 Å². The Morgan fingerprint density at radius 3 is 2.52 bits per heavy atom. The molecular weight excluding hydrogens is 282 g/mol. The Morgan fingerprint density at radius 1 is 1.04 bits per heavy atom. The van der Waals surface area contributed by atoms with Gasteiger partial charge in [0.1, 0.15) is 0 Å². The average molecular weight is 303 g/mol. The predicted molar refractivity (Wildman–Crippen MR) is 93.2 cm³/mol. The number of imidazole rings is 1. The number of nitrogens with zero attached hydrogens (tertiary/aromatic N) is 2. The molecule has 1 aliphatic heterocycles. The van der Waals surface area contributed by atoms with E-state index in [0.717, 1.165) is 30.6 Å². The lowest BCUT2D eigenvalue weighted by molar-refractivity contribution is 0.440. The second-order valence-corrected chi connectivity index (χ2v) is 7.22. The number of benzene rings is 1. The van der Waals surface area contributed by atoms with Crippen molar-refractivity contribution in [3.63, 3.8) is 0 Å². The van der Waals surface area contributed by atoms with Crippen LogP contribution in [0.1, 0.15) is 34.5 Å². The minimum Gasteiger partial charge on any atom is -0.376 e. The summed E-state index contributed by atoms with van der Waals surface area (Å²) in [5, 5.41) is 3.92. The zero-order valence-electron chi connectivity index (χ0n) is 13.7. The van der Waals surface area contributed by atoms with Gasteiger partial charge in [-0.1, -0.05) is 24.3 Å². The molecule has 1 spiro atoms. The van der Waals surface area contributed by atoms with Crippen molar-refractivity contribution in [3.05, 3.63) is 64.6 Å². The molecule has 0 amide bonds. The third kappa shape index (κ3) is 1.79. The van der Waals surface area contributed by atoms with Crippen LogP contribution in [0.25, 0.3) is 5.65 Å². The van der Waals surface area contributed by atoms with Crippen LogP contribution in [0.3, 0.4) is 0 Å². The molecule has 2 aliphatic rings. The van der Waals surface area contributed by atoms with Crippen molar-refractivity contribution in [2.24, 2.45) is 0 Å². The number of aromatic nitrogens is 2. The second kappa shape index (κ2) is 4.38. The number of pyridine rings is 1. The molecule has 0 saturated heterocycles.